The summed E-state index contributed by atoms with van der Waals surface area (Å²) in [6.45, 7) is -0.161. The van der Waals surface area contributed by atoms with Gasteiger partial charge in [-0.2, -0.15) is 0 Å². The second-order valence-electron chi connectivity index (χ2n) is 3.34. The first-order chi connectivity index (χ1) is 7.29. The standard InChI is InChI=1S/C9H12N2O3S/c12-3-4-14-9(13)11-8-10-7(5-15-8)6-1-2-6/h5-6,12H,1-4H2,(H,10,11,13). The van der Waals surface area contributed by atoms with Crippen LogP contribution in [-0.2, 0) is 4.74 Å². The second kappa shape index (κ2) is 4.59. The van der Waals surface area contributed by atoms with E-state index in [-0.39, 0.29) is 13.2 Å². The second-order valence-corrected chi connectivity index (χ2v) is 4.19. The third-order valence-electron chi connectivity index (χ3n) is 2.05. The smallest absolute Gasteiger partial charge is 0.413 e. The summed E-state index contributed by atoms with van der Waals surface area (Å²) in [4.78, 5) is 15.4. The van der Waals surface area contributed by atoms with Crippen LogP contribution in [0.25, 0.3) is 0 Å². The van der Waals surface area contributed by atoms with E-state index < -0.39 is 6.09 Å². The van der Waals surface area contributed by atoms with Crippen molar-refractivity contribution < 1.29 is 14.6 Å². The van der Waals surface area contributed by atoms with E-state index in [0.29, 0.717) is 11.0 Å². The van der Waals surface area contributed by atoms with Crippen molar-refractivity contribution in [3.8, 4) is 0 Å². The first kappa shape index (κ1) is 10.4. The van der Waals surface area contributed by atoms with Gasteiger partial charge >= 0.3 is 6.09 Å². The van der Waals surface area contributed by atoms with E-state index in [2.05, 4.69) is 15.0 Å². The lowest BCUT2D eigenvalue weighted by atomic mass is 10.3. The number of nitrogens with one attached hydrogen (secondary N) is 1. The Morgan fingerprint density at radius 1 is 1.73 bits per heavy atom. The number of anilines is 1. The van der Waals surface area contributed by atoms with Gasteiger partial charge in [-0.05, 0) is 12.8 Å². The average Bonchev–Trinajstić information content (AvgIpc) is 2.98. The molecule has 1 amide bonds. The maximum absolute atomic E-state index is 11.1. The lowest BCUT2D eigenvalue weighted by molar-refractivity contribution is 0.131. The highest BCUT2D eigenvalue weighted by Gasteiger charge is 2.26. The molecule has 0 atom stereocenters. The Balaban J connectivity index is 1.84. The molecule has 1 fully saturated rings. The summed E-state index contributed by atoms with van der Waals surface area (Å²) in [7, 11) is 0. The number of hydrogen-bond donors (Lipinski definition) is 2. The minimum atomic E-state index is -0.569. The van der Waals surface area contributed by atoms with Crippen molar-refractivity contribution in [2.45, 2.75) is 18.8 Å². The first-order valence-corrected chi connectivity index (χ1v) is 5.67. The molecule has 0 bridgehead atoms. The van der Waals surface area contributed by atoms with Gasteiger partial charge in [0.25, 0.3) is 0 Å². The van der Waals surface area contributed by atoms with Crippen LogP contribution >= 0.6 is 11.3 Å². The molecule has 1 aliphatic carbocycles. The fourth-order valence-electron chi connectivity index (χ4n) is 1.17. The van der Waals surface area contributed by atoms with Crippen LogP contribution in [0.4, 0.5) is 9.93 Å². The van der Waals surface area contributed by atoms with Crippen LogP contribution in [0.2, 0.25) is 0 Å². The monoisotopic (exact) mass is 228 g/mol. The molecule has 1 aromatic heterocycles. The Morgan fingerprint density at radius 2 is 2.53 bits per heavy atom. The van der Waals surface area contributed by atoms with E-state index >= 15 is 0 Å². The summed E-state index contributed by atoms with van der Waals surface area (Å²) in [5.74, 6) is 0.588. The van der Waals surface area contributed by atoms with Crippen LogP contribution in [0.15, 0.2) is 5.38 Å². The van der Waals surface area contributed by atoms with E-state index in [1.54, 1.807) is 0 Å². The molecular formula is C9H12N2O3S. The van der Waals surface area contributed by atoms with Crippen LogP contribution < -0.4 is 5.32 Å². The van der Waals surface area contributed by atoms with Crippen LogP contribution in [0.5, 0.6) is 0 Å². The summed E-state index contributed by atoms with van der Waals surface area (Å²) >= 11 is 1.39. The highest BCUT2D eigenvalue weighted by molar-refractivity contribution is 7.13. The van der Waals surface area contributed by atoms with Gasteiger partial charge in [-0.1, -0.05) is 0 Å². The van der Waals surface area contributed by atoms with Gasteiger partial charge < -0.3 is 9.84 Å². The number of carbonyl (C=O) groups is 1. The summed E-state index contributed by atoms with van der Waals surface area (Å²) in [6, 6.07) is 0. The van der Waals surface area contributed by atoms with Crippen molar-refractivity contribution in [1.82, 2.24) is 4.98 Å². The maximum atomic E-state index is 11.1. The minimum absolute atomic E-state index is 0.00664. The number of nitrogens with zero attached hydrogens (tertiary/aromatic N) is 1. The molecule has 0 spiro atoms. The number of aliphatic hydroxyl groups excluding tert-OH is 1. The largest absolute Gasteiger partial charge is 0.447 e. The van der Waals surface area contributed by atoms with Crippen molar-refractivity contribution >= 4 is 22.6 Å². The highest BCUT2D eigenvalue weighted by atomic mass is 32.1. The van der Waals surface area contributed by atoms with Crippen molar-refractivity contribution in [3.05, 3.63) is 11.1 Å². The SMILES string of the molecule is O=C(Nc1nc(C2CC2)cs1)OCCO. The molecule has 2 rings (SSSR count). The summed E-state index contributed by atoms with van der Waals surface area (Å²) in [5, 5.41) is 13.5. The predicted molar refractivity (Wildman–Crippen MR) is 56.1 cm³/mol. The van der Waals surface area contributed by atoms with Gasteiger partial charge in [0.2, 0.25) is 0 Å². The molecule has 15 heavy (non-hydrogen) atoms. The number of rotatable bonds is 4. The molecule has 1 saturated carbocycles. The zero-order valence-corrected chi connectivity index (χ0v) is 8.92. The van der Waals surface area contributed by atoms with Crippen molar-refractivity contribution in [1.29, 1.82) is 0 Å². The summed E-state index contributed by atoms with van der Waals surface area (Å²) < 4.78 is 4.65. The Labute approximate surface area is 91.1 Å². The van der Waals surface area contributed by atoms with Crippen LogP contribution in [0, 0.1) is 0 Å². The van der Waals surface area contributed by atoms with Gasteiger partial charge in [0.05, 0.1) is 12.3 Å². The van der Waals surface area contributed by atoms with Gasteiger partial charge in [-0.3, -0.25) is 5.32 Å². The lowest BCUT2D eigenvalue weighted by Crippen LogP contribution is -2.15. The number of ether oxygens (including phenoxy) is 1. The number of thiazole rings is 1. The molecule has 1 aromatic rings. The summed E-state index contributed by atoms with van der Waals surface area (Å²) in [6.07, 6.45) is 1.82. The highest BCUT2D eigenvalue weighted by Crippen LogP contribution is 2.40. The van der Waals surface area contributed by atoms with Crippen LogP contribution in [0.3, 0.4) is 0 Å². The minimum Gasteiger partial charge on any atom is -0.447 e. The molecule has 2 N–H and O–H groups in total. The number of carbonyl (C=O) groups excluding carboxylic acids is 1. The molecule has 82 valence electrons. The average molecular weight is 228 g/mol. The van der Waals surface area contributed by atoms with E-state index in [9.17, 15) is 4.79 Å². The fraction of sp³-hybridized carbons (Fsp3) is 0.556. The van der Waals surface area contributed by atoms with E-state index in [4.69, 9.17) is 5.11 Å². The number of amides is 1. The third kappa shape index (κ3) is 2.90. The maximum Gasteiger partial charge on any atom is 0.413 e. The van der Waals surface area contributed by atoms with Crippen molar-refractivity contribution in [2.24, 2.45) is 0 Å². The van der Waals surface area contributed by atoms with Gasteiger partial charge in [0.15, 0.2) is 5.13 Å². The third-order valence-corrected chi connectivity index (χ3v) is 2.83. The van der Waals surface area contributed by atoms with Crippen molar-refractivity contribution in [3.63, 3.8) is 0 Å². The molecule has 0 radical (unpaired) electrons. The Bertz CT molecular complexity index is 349. The van der Waals surface area contributed by atoms with Crippen molar-refractivity contribution in [2.75, 3.05) is 18.5 Å². The molecular weight excluding hydrogens is 216 g/mol. The van der Waals surface area contributed by atoms with E-state index in [1.165, 1.54) is 24.2 Å². The first-order valence-electron chi connectivity index (χ1n) is 4.79. The zero-order valence-electron chi connectivity index (χ0n) is 8.10. The molecule has 1 heterocycles. The number of aliphatic hydroxyl groups is 1. The van der Waals surface area contributed by atoms with Gasteiger partial charge in [-0.25, -0.2) is 9.78 Å². The quantitative estimate of drug-likeness (QED) is 0.820. The molecule has 0 saturated heterocycles. The van der Waals surface area contributed by atoms with Crippen LogP contribution in [-0.4, -0.2) is 29.4 Å². The molecule has 0 aromatic carbocycles. The normalized spacial score (nSPS) is 15.0. The Kier molecular flexibility index (Phi) is 3.17. The molecule has 5 nitrogen and oxygen atoms in total. The topological polar surface area (TPSA) is 71.5 Å². The Morgan fingerprint density at radius 3 is 3.20 bits per heavy atom. The van der Waals surface area contributed by atoms with Gasteiger partial charge in [0, 0.05) is 11.3 Å². The molecule has 0 unspecified atom stereocenters. The number of aromatic nitrogens is 1. The van der Waals surface area contributed by atoms with E-state index in [0.717, 1.165) is 5.69 Å². The molecule has 0 aliphatic heterocycles. The fourth-order valence-corrected chi connectivity index (χ4v) is 1.95. The Hall–Kier alpha value is -1.14. The van der Waals surface area contributed by atoms with Gasteiger partial charge in [0.1, 0.15) is 6.61 Å². The zero-order chi connectivity index (χ0) is 10.7. The molecule has 6 heteroatoms. The number of hydrogen-bond acceptors (Lipinski definition) is 5. The summed E-state index contributed by atoms with van der Waals surface area (Å²) in [5.41, 5.74) is 1.05. The molecule has 1 aliphatic rings. The van der Waals surface area contributed by atoms with Crippen LogP contribution in [0.1, 0.15) is 24.5 Å². The van der Waals surface area contributed by atoms with E-state index in [1.807, 2.05) is 5.38 Å². The van der Waals surface area contributed by atoms with Gasteiger partial charge in [-0.15, -0.1) is 11.3 Å². The lowest BCUT2D eigenvalue weighted by Gasteiger charge is -2.01. The predicted octanol–water partition coefficient (Wildman–Crippen LogP) is 1.56.